The second-order valence-corrected chi connectivity index (χ2v) is 6.67. The van der Waals surface area contributed by atoms with E-state index in [9.17, 15) is 4.79 Å². The predicted octanol–water partition coefficient (Wildman–Crippen LogP) is 2.48. The van der Waals surface area contributed by atoms with E-state index in [1.807, 2.05) is 4.90 Å². The zero-order valence-corrected chi connectivity index (χ0v) is 12.7. The summed E-state index contributed by atoms with van der Waals surface area (Å²) in [6.07, 6.45) is 4.56. The lowest BCUT2D eigenvalue weighted by molar-refractivity contribution is -0.130. The van der Waals surface area contributed by atoms with E-state index in [-0.39, 0.29) is 24.2 Å². The van der Waals surface area contributed by atoms with Crippen molar-refractivity contribution in [2.24, 2.45) is 0 Å². The lowest BCUT2D eigenvalue weighted by atomic mass is 9.82. The van der Waals surface area contributed by atoms with Crippen molar-refractivity contribution in [2.45, 2.75) is 70.9 Å². The molecule has 108 valence electrons. The Bertz CT molecular complexity index is 322. The second kappa shape index (κ2) is 5.45. The molecule has 0 unspecified atom stereocenters. The first-order valence-electron chi connectivity index (χ1n) is 7.45. The topological polar surface area (TPSA) is 38.8 Å². The summed E-state index contributed by atoms with van der Waals surface area (Å²) in [6.45, 7) is 10.1. The van der Waals surface area contributed by atoms with Crippen LogP contribution < -0.4 is 0 Å². The van der Waals surface area contributed by atoms with Gasteiger partial charge < -0.3 is 14.2 Å². The molecule has 2 fully saturated rings. The summed E-state index contributed by atoms with van der Waals surface area (Å²) >= 11 is 0. The number of carbonyl (C=O) groups excluding carboxylic acids is 1. The minimum Gasteiger partial charge on any atom is -0.403 e. The Morgan fingerprint density at radius 1 is 1.11 bits per heavy atom. The second-order valence-electron chi connectivity index (χ2n) is 6.67. The first kappa shape index (κ1) is 14.9. The molecule has 0 atom stereocenters. The third-order valence-electron chi connectivity index (χ3n) is 4.59. The maximum absolute atomic E-state index is 11.9. The molecule has 2 heterocycles. The van der Waals surface area contributed by atoms with Crippen LogP contribution in [0.1, 0.15) is 53.4 Å². The van der Waals surface area contributed by atoms with E-state index in [1.54, 1.807) is 0 Å². The number of likely N-dealkylation sites (tertiary alicyclic amines) is 1. The maximum Gasteiger partial charge on any atom is 0.457 e. The van der Waals surface area contributed by atoms with Crippen LogP contribution >= 0.6 is 0 Å². The van der Waals surface area contributed by atoms with Crippen LogP contribution in [0.3, 0.4) is 0 Å². The molecule has 2 saturated heterocycles. The van der Waals surface area contributed by atoms with Gasteiger partial charge in [-0.15, -0.1) is 0 Å². The normalized spacial score (nSPS) is 25.1. The Labute approximate surface area is 117 Å². The van der Waals surface area contributed by atoms with Gasteiger partial charge in [0.2, 0.25) is 5.91 Å². The average molecular weight is 267 g/mol. The molecule has 0 aliphatic carbocycles. The largest absolute Gasteiger partial charge is 0.457 e. The molecule has 0 spiro atoms. The van der Waals surface area contributed by atoms with Crippen LogP contribution in [0.5, 0.6) is 0 Å². The Kier molecular flexibility index (Phi) is 4.26. The Hall–Kier alpha value is -0.545. The van der Waals surface area contributed by atoms with Gasteiger partial charge >= 0.3 is 7.12 Å². The SMILES string of the molecule is CC1(C)OB(CCCC(=O)N2CCCC2)OC1(C)C. The smallest absolute Gasteiger partial charge is 0.403 e. The van der Waals surface area contributed by atoms with Gasteiger partial charge in [-0.05, 0) is 53.3 Å². The average Bonchev–Trinajstić information content (AvgIpc) is 2.86. The van der Waals surface area contributed by atoms with Gasteiger partial charge in [0.1, 0.15) is 0 Å². The zero-order valence-electron chi connectivity index (χ0n) is 12.7. The Balaban J connectivity index is 1.71. The minimum absolute atomic E-state index is 0.170. The number of amides is 1. The van der Waals surface area contributed by atoms with Crippen LogP contribution in [0.15, 0.2) is 0 Å². The maximum atomic E-state index is 11.9. The quantitative estimate of drug-likeness (QED) is 0.734. The number of carbonyl (C=O) groups is 1. The van der Waals surface area contributed by atoms with Crippen LogP contribution in [0, 0.1) is 0 Å². The Morgan fingerprint density at radius 3 is 2.16 bits per heavy atom. The van der Waals surface area contributed by atoms with Gasteiger partial charge in [0.15, 0.2) is 0 Å². The third kappa shape index (κ3) is 3.32. The molecule has 0 N–H and O–H groups in total. The first-order valence-corrected chi connectivity index (χ1v) is 7.45. The van der Waals surface area contributed by atoms with Gasteiger partial charge in [-0.25, -0.2) is 0 Å². The fraction of sp³-hybridized carbons (Fsp3) is 0.929. The molecule has 0 aromatic rings. The number of nitrogens with zero attached hydrogens (tertiary/aromatic N) is 1. The molecule has 0 saturated carbocycles. The van der Waals surface area contributed by atoms with Crippen LogP contribution in [0.4, 0.5) is 0 Å². The predicted molar refractivity (Wildman–Crippen MR) is 75.9 cm³/mol. The summed E-state index contributed by atoms with van der Waals surface area (Å²) < 4.78 is 11.8. The minimum atomic E-state index is -0.267. The van der Waals surface area contributed by atoms with Gasteiger partial charge in [-0.2, -0.15) is 0 Å². The van der Waals surface area contributed by atoms with Crippen molar-refractivity contribution in [3.63, 3.8) is 0 Å². The lowest BCUT2D eigenvalue weighted by Gasteiger charge is -2.32. The molecule has 0 aromatic carbocycles. The van der Waals surface area contributed by atoms with Crippen molar-refractivity contribution in [1.29, 1.82) is 0 Å². The molecule has 19 heavy (non-hydrogen) atoms. The van der Waals surface area contributed by atoms with E-state index in [4.69, 9.17) is 9.31 Å². The summed E-state index contributed by atoms with van der Waals surface area (Å²) in [7, 11) is -0.170. The van der Waals surface area contributed by atoms with E-state index < -0.39 is 0 Å². The van der Waals surface area contributed by atoms with E-state index in [1.165, 1.54) is 0 Å². The highest BCUT2D eigenvalue weighted by Crippen LogP contribution is 2.38. The van der Waals surface area contributed by atoms with E-state index in [0.717, 1.165) is 38.7 Å². The van der Waals surface area contributed by atoms with Gasteiger partial charge in [0, 0.05) is 19.5 Å². The lowest BCUT2D eigenvalue weighted by Crippen LogP contribution is -2.41. The van der Waals surface area contributed by atoms with Crippen LogP contribution in [-0.2, 0) is 14.1 Å². The molecule has 2 aliphatic rings. The standard InChI is InChI=1S/C14H26BNO3/c1-13(2)14(3,4)19-15(18-13)9-7-8-12(17)16-10-5-6-11-16/h5-11H2,1-4H3. The highest BCUT2D eigenvalue weighted by molar-refractivity contribution is 6.45. The van der Waals surface area contributed by atoms with Gasteiger partial charge in [0.25, 0.3) is 0 Å². The van der Waals surface area contributed by atoms with E-state index in [2.05, 4.69) is 27.7 Å². The van der Waals surface area contributed by atoms with Crippen LogP contribution in [0.2, 0.25) is 6.32 Å². The molecule has 0 bridgehead atoms. The zero-order chi connectivity index (χ0) is 14.1. The molecule has 2 rings (SSSR count). The summed E-state index contributed by atoms with van der Waals surface area (Å²) in [5, 5.41) is 0. The summed E-state index contributed by atoms with van der Waals surface area (Å²) in [6, 6.07) is 0. The number of hydrogen-bond donors (Lipinski definition) is 0. The van der Waals surface area contributed by atoms with Crippen molar-refractivity contribution >= 4 is 13.0 Å². The summed E-state index contributed by atoms with van der Waals surface area (Å²) in [5.41, 5.74) is -0.534. The monoisotopic (exact) mass is 267 g/mol. The summed E-state index contributed by atoms with van der Waals surface area (Å²) in [4.78, 5) is 13.9. The molecule has 5 heteroatoms. The summed E-state index contributed by atoms with van der Waals surface area (Å²) in [5.74, 6) is 0.286. The molecule has 2 aliphatic heterocycles. The number of rotatable bonds is 4. The molecule has 4 nitrogen and oxygen atoms in total. The first-order chi connectivity index (χ1) is 8.82. The highest BCUT2D eigenvalue weighted by atomic mass is 16.7. The fourth-order valence-corrected chi connectivity index (χ4v) is 2.63. The van der Waals surface area contributed by atoms with Gasteiger partial charge in [-0.1, -0.05) is 0 Å². The van der Waals surface area contributed by atoms with E-state index >= 15 is 0 Å². The highest BCUT2D eigenvalue weighted by Gasteiger charge is 2.50. The van der Waals surface area contributed by atoms with Gasteiger partial charge in [0.05, 0.1) is 11.2 Å². The van der Waals surface area contributed by atoms with E-state index in [0.29, 0.717) is 6.42 Å². The number of hydrogen-bond acceptors (Lipinski definition) is 3. The van der Waals surface area contributed by atoms with Crippen molar-refractivity contribution in [3.05, 3.63) is 0 Å². The van der Waals surface area contributed by atoms with Crippen molar-refractivity contribution in [2.75, 3.05) is 13.1 Å². The molecular weight excluding hydrogens is 241 g/mol. The van der Waals surface area contributed by atoms with Crippen molar-refractivity contribution < 1.29 is 14.1 Å². The molecular formula is C14H26BNO3. The van der Waals surface area contributed by atoms with Crippen LogP contribution in [-0.4, -0.2) is 42.2 Å². The third-order valence-corrected chi connectivity index (χ3v) is 4.59. The fourth-order valence-electron chi connectivity index (χ4n) is 2.63. The van der Waals surface area contributed by atoms with Crippen molar-refractivity contribution in [3.8, 4) is 0 Å². The molecule has 0 radical (unpaired) electrons. The molecule has 1 amide bonds. The Morgan fingerprint density at radius 2 is 1.63 bits per heavy atom. The molecule has 0 aromatic heterocycles. The van der Waals surface area contributed by atoms with Crippen LogP contribution in [0.25, 0.3) is 0 Å². The van der Waals surface area contributed by atoms with Crippen molar-refractivity contribution in [1.82, 2.24) is 4.90 Å². The van der Waals surface area contributed by atoms with Gasteiger partial charge in [-0.3, -0.25) is 4.79 Å².